The zero-order valence-electron chi connectivity index (χ0n) is 27.2. The standard InChI is InChI=1S/C48H30N2/c1-2-10-33(11-3-1)45-28-24-34-22-23-35-25-29-46(50-48(35)47(34)49-45)43-27-26-38(40-15-6-8-16-41(40)43)31-18-20-32(21-19-31)44-30-36-12-4-5-13-37(36)39-14-7-9-17-42(39)44/h1-30H. The first-order valence-electron chi connectivity index (χ1n) is 17.1. The molecule has 10 aromatic rings. The van der Waals surface area contributed by atoms with Gasteiger partial charge in [-0.2, -0.15) is 0 Å². The maximum atomic E-state index is 5.29. The molecule has 8 aromatic carbocycles. The Morgan fingerprint density at radius 3 is 1.44 bits per heavy atom. The SMILES string of the molecule is c1ccc(-c2ccc3ccc4ccc(-c5ccc(-c6ccc(-c7cc8ccccc8c8ccccc78)cc6)c6ccccc56)nc4c3n2)cc1. The quantitative estimate of drug-likeness (QED) is 0.180. The van der Waals surface area contributed by atoms with Crippen molar-refractivity contribution in [1.82, 2.24) is 9.97 Å². The minimum absolute atomic E-state index is 0.919. The van der Waals surface area contributed by atoms with Crippen molar-refractivity contribution in [2.75, 3.05) is 0 Å². The summed E-state index contributed by atoms with van der Waals surface area (Å²) in [6.45, 7) is 0. The molecule has 50 heavy (non-hydrogen) atoms. The molecule has 0 spiro atoms. The molecule has 0 N–H and O–H groups in total. The van der Waals surface area contributed by atoms with Gasteiger partial charge in [-0.1, -0.05) is 164 Å². The van der Waals surface area contributed by atoms with Crippen LogP contribution in [0.15, 0.2) is 182 Å². The van der Waals surface area contributed by atoms with E-state index in [2.05, 4.69) is 176 Å². The van der Waals surface area contributed by atoms with E-state index in [9.17, 15) is 0 Å². The second-order valence-electron chi connectivity index (χ2n) is 12.9. The molecule has 0 saturated heterocycles. The summed E-state index contributed by atoms with van der Waals surface area (Å²) < 4.78 is 0. The Hall–Kier alpha value is -6.64. The van der Waals surface area contributed by atoms with Gasteiger partial charge in [0, 0.05) is 21.9 Å². The van der Waals surface area contributed by atoms with Crippen LogP contribution >= 0.6 is 0 Å². The molecule has 2 heterocycles. The van der Waals surface area contributed by atoms with E-state index in [0.29, 0.717) is 0 Å². The molecule has 2 aromatic heterocycles. The zero-order valence-corrected chi connectivity index (χ0v) is 27.2. The predicted octanol–water partition coefficient (Wildman–Crippen LogP) is 12.9. The molecule has 0 amide bonds. The van der Waals surface area contributed by atoms with Gasteiger partial charge in [-0.3, -0.25) is 0 Å². The van der Waals surface area contributed by atoms with Gasteiger partial charge in [-0.25, -0.2) is 9.97 Å². The topological polar surface area (TPSA) is 25.8 Å². The Balaban J connectivity index is 1.07. The lowest BCUT2D eigenvalue weighted by atomic mass is 9.91. The number of nitrogens with zero attached hydrogens (tertiary/aromatic N) is 2. The monoisotopic (exact) mass is 634 g/mol. The van der Waals surface area contributed by atoms with Crippen LogP contribution in [-0.4, -0.2) is 9.97 Å². The molecule has 0 radical (unpaired) electrons. The van der Waals surface area contributed by atoms with Crippen LogP contribution in [0.3, 0.4) is 0 Å². The number of aromatic nitrogens is 2. The van der Waals surface area contributed by atoms with Crippen LogP contribution in [0.2, 0.25) is 0 Å². The Bertz CT molecular complexity index is 2910. The fourth-order valence-electron chi connectivity index (χ4n) is 7.58. The third kappa shape index (κ3) is 4.65. The minimum Gasteiger partial charge on any atom is -0.245 e. The van der Waals surface area contributed by atoms with E-state index >= 15 is 0 Å². The molecule has 0 aliphatic rings. The summed E-state index contributed by atoms with van der Waals surface area (Å²) in [6.07, 6.45) is 0. The third-order valence-corrected chi connectivity index (χ3v) is 10.1. The zero-order chi connectivity index (χ0) is 33.0. The van der Waals surface area contributed by atoms with Gasteiger partial charge in [0.25, 0.3) is 0 Å². The Kier molecular flexibility index (Phi) is 6.53. The van der Waals surface area contributed by atoms with Crippen molar-refractivity contribution in [2.24, 2.45) is 0 Å². The van der Waals surface area contributed by atoms with Crippen LogP contribution in [0, 0.1) is 0 Å². The Labute approximate surface area is 290 Å². The summed E-state index contributed by atoms with van der Waals surface area (Å²) in [6, 6.07) is 65.1. The van der Waals surface area contributed by atoms with Gasteiger partial charge >= 0.3 is 0 Å². The van der Waals surface area contributed by atoms with Crippen LogP contribution in [0.1, 0.15) is 0 Å². The molecule has 2 heteroatoms. The van der Waals surface area contributed by atoms with E-state index in [4.69, 9.17) is 9.97 Å². The van der Waals surface area contributed by atoms with E-state index in [1.807, 2.05) is 6.07 Å². The first kappa shape index (κ1) is 28.4. The highest BCUT2D eigenvalue weighted by molar-refractivity contribution is 6.14. The average molecular weight is 635 g/mol. The van der Waals surface area contributed by atoms with E-state index in [1.165, 1.54) is 54.6 Å². The summed E-state index contributed by atoms with van der Waals surface area (Å²) in [7, 11) is 0. The largest absolute Gasteiger partial charge is 0.245 e. The molecule has 232 valence electrons. The minimum atomic E-state index is 0.919. The second-order valence-corrected chi connectivity index (χ2v) is 12.9. The van der Waals surface area contributed by atoms with E-state index in [1.54, 1.807) is 0 Å². The summed E-state index contributed by atoms with van der Waals surface area (Å²) in [4.78, 5) is 10.4. The second kappa shape index (κ2) is 11.5. The number of pyridine rings is 2. The molecule has 0 bridgehead atoms. The number of benzene rings is 8. The fourth-order valence-corrected chi connectivity index (χ4v) is 7.58. The van der Waals surface area contributed by atoms with Gasteiger partial charge in [-0.05, 0) is 72.8 Å². The maximum absolute atomic E-state index is 5.29. The molecule has 0 atom stereocenters. The van der Waals surface area contributed by atoms with E-state index in [0.717, 1.165) is 44.3 Å². The van der Waals surface area contributed by atoms with Crippen LogP contribution in [0.5, 0.6) is 0 Å². The summed E-state index contributed by atoms with van der Waals surface area (Å²) in [5, 5.41) is 9.66. The van der Waals surface area contributed by atoms with Gasteiger partial charge in [0.15, 0.2) is 0 Å². The van der Waals surface area contributed by atoms with Gasteiger partial charge in [0.1, 0.15) is 0 Å². The van der Waals surface area contributed by atoms with Crippen molar-refractivity contribution in [2.45, 2.75) is 0 Å². The molecule has 10 rings (SSSR count). The fraction of sp³-hybridized carbons (Fsp3) is 0. The molecular weight excluding hydrogens is 605 g/mol. The average Bonchev–Trinajstić information content (AvgIpc) is 3.20. The van der Waals surface area contributed by atoms with Crippen LogP contribution in [0.4, 0.5) is 0 Å². The molecule has 2 nitrogen and oxygen atoms in total. The number of hydrogen-bond acceptors (Lipinski definition) is 2. The molecule has 0 aliphatic carbocycles. The third-order valence-electron chi connectivity index (χ3n) is 10.1. The van der Waals surface area contributed by atoms with E-state index < -0.39 is 0 Å². The molecule has 0 aliphatic heterocycles. The lowest BCUT2D eigenvalue weighted by molar-refractivity contribution is 1.37. The number of rotatable bonds is 4. The van der Waals surface area contributed by atoms with Crippen molar-refractivity contribution in [3.63, 3.8) is 0 Å². The normalized spacial score (nSPS) is 11.6. The van der Waals surface area contributed by atoms with Crippen molar-refractivity contribution >= 4 is 54.1 Å². The highest BCUT2D eigenvalue weighted by atomic mass is 14.8. The van der Waals surface area contributed by atoms with Crippen molar-refractivity contribution < 1.29 is 0 Å². The molecule has 0 fully saturated rings. The summed E-state index contributed by atoms with van der Waals surface area (Å²) in [5.74, 6) is 0. The van der Waals surface area contributed by atoms with Gasteiger partial charge in [0.05, 0.1) is 22.4 Å². The van der Waals surface area contributed by atoms with E-state index in [-0.39, 0.29) is 0 Å². The van der Waals surface area contributed by atoms with Gasteiger partial charge < -0.3 is 0 Å². The summed E-state index contributed by atoms with van der Waals surface area (Å²) in [5.41, 5.74) is 10.8. The smallest absolute Gasteiger partial charge is 0.0972 e. The highest BCUT2D eigenvalue weighted by Gasteiger charge is 2.14. The lowest BCUT2D eigenvalue weighted by Crippen LogP contribution is -1.92. The molecule has 0 saturated carbocycles. The molecular formula is C48H30N2. The number of fused-ring (bicyclic) bond motifs is 7. The van der Waals surface area contributed by atoms with Crippen molar-refractivity contribution in [3.8, 4) is 44.8 Å². The predicted molar refractivity (Wildman–Crippen MR) is 211 cm³/mol. The van der Waals surface area contributed by atoms with Crippen LogP contribution in [-0.2, 0) is 0 Å². The van der Waals surface area contributed by atoms with Crippen molar-refractivity contribution in [3.05, 3.63) is 182 Å². The van der Waals surface area contributed by atoms with Crippen LogP contribution < -0.4 is 0 Å². The number of hydrogen-bond donors (Lipinski definition) is 0. The summed E-state index contributed by atoms with van der Waals surface area (Å²) >= 11 is 0. The van der Waals surface area contributed by atoms with Gasteiger partial charge in [0.2, 0.25) is 0 Å². The van der Waals surface area contributed by atoms with Crippen LogP contribution in [0.25, 0.3) is 98.9 Å². The molecule has 0 unspecified atom stereocenters. The van der Waals surface area contributed by atoms with Gasteiger partial charge in [-0.15, -0.1) is 0 Å². The first-order valence-corrected chi connectivity index (χ1v) is 17.1. The lowest BCUT2D eigenvalue weighted by Gasteiger charge is -2.14. The Morgan fingerprint density at radius 2 is 0.740 bits per heavy atom. The Morgan fingerprint density at radius 1 is 0.260 bits per heavy atom. The highest BCUT2D eigenvalue weighted by Crippen LogP contribution is 2.39. The first-order chi connectivity index (χ1) is 24.8. The van der Waals surface area contributed by atoms with Crippen molar-refractivity contribution in [1.29, 1.82) is 0 Å². The maximum Gasteiger partial charge on any atom is 0.0972 e.